The van der Waals surface area contributed by atoms with Crippen molar-refractivity contribution >= 4 is 23.3 Å². The summed E-state index contributed by atoms with van der Waals surface area (Å²) < 4.78 is 0. The standard InChI is InChI=1S/C16H14ClN3O/c1-11(12-5-3-2-4-6-12)19-16(21)20-14-8-7-13(10-18)15(17)9-14/h2-9,11H,1H3,(H2,19,20,21). The van der Waals surface area contributed by atoms with E-state index in [1.54, 1.807) is 18.2 Å². The van der Waals surface area contributed by atoms with E-state index < -0.39 is 0 Å². The molecule has 2 aromatic rings. The van der Waals surface area contributed by atoms with Gasteiger partial charge in [-0.3, -0.25) is 0 Å². The first-order valence-corrected chi connectivity index (χ1v) is 6.80. The van der Waals surface area contributed by atoms with Crippen molar-refractivity contribution in [2.45, 2.75) is 13.0 Å². The summed E-state index contributed by atoms with van der Waals surface area (Å²) in [4.78, 5) is 11.9. The fourth-order valence-corrected chi connectivity index (χ4v) is 2.10. The van der Waals surface area contributed by atoms with Gasteiger partial charge in [-0.2, -0.15) is 5.26 Å². The van der Waals surface area contributed by atoms with E-state index in [4.69, 9.17) is 16.9 Å². The van der Waals surface area contributed by atoms with Gasteiger partial charge in [0.05, 0.1) is 16.6 Å². The molecule has 2 rings (SSSR count). The maximum Gasteiger partial charge on any atom is 0.319 e. The van der Waals surface area contributed by atoms with E-state index in [-0.39, 0.29) is 12.1 Å². The molecule has 2 amide bonds. The predicted molar refractivity (Wildman–Crippen MR) is 83.2 cm³/mol. The minimum Gasteiger partial charge on any atom is -0.331 e. The van der Waals surface area contributed by atoms with E-state index in [0.29, 0.717) is 16.3 Å². The number of urea groups is 1. The molecule has 0 bridgehead atoms. The number of hydrogen-bond acceptors (Lipinski definition) is 2. The molecule has 1 atom stereocenters. The van der Waals surface area contributed by atoms with Gasteiger partial charge in [-0.1, -0.05) is 41.9 Å². The van der Waals surface area contributed by atoms with Crippen LogP contribution in [0.5, 0.6) is 0 Å². The van der Waals surface area contributed by atoms with Crippen LogP contribution in [0.25, 0.3) is 0 Å². The molecule has 0 aromatic heterocycles. The summed E-state index contributed by atoms with van der Waals surface area (Å²) in [7, 11) is 0. The van der Waals surface area contributed by atoms with Gasteiger partial charge in [-0.15, -0.1) is 0 Å². The highest BCUT2D eigenvalue weighted by Gasteiger charge is 2.09. The molecule has 0 aliphatic carbocycles. The molecule has 0 radical (unpaired) electrons. The lowest BCUT2D eigenvalue weighted by atomic mass is 10.1. The number of nitriles is 1. The Hall–Kier alpha value is -2.51. The molecule has 4 nitrogen and oxygen atoms in total. The topological polar surface area (TPSA) is 64.9 Å². The van der Waals surface area contributed by atoms with E-state index in [1.165, 1.54) is 0 Å². The zero-order valence-electron chi connectivity index (χ0n) is 11.4. The molecule has 2 N–H and O–H groups in total. The van der Waals surface area contributed by atoms with Gasteiger partial charge in [0, 0.05) is 5.69 Å². The summed E-state index contributed by atoms with van der Waals surface area (Å²) >= 11 is 5.92. The third kappa shape index (κ3) is 3.98. The van der Waals surface area contributed by atoms with Gasteiger partial charge >= 0.3 is 6.03 Å². The predicted octanol–water partition coefficient (Wildman–Crippen LogP) is 4.09. The zero-order chi connectivity index (χ0) is 15.2. The molecule has 5 heteroatoms. The number of carbonyl (C=O) groups is 1. The van der Waals surface area contributed by atoms with Crippen molar-refractivity contribution < 1.29 is 4.79 Å². The van der Waals surface area contributed by atoms with Crippen molar-refractivity contribution in [3.05, 3.63) is 64.7 Å². The van der Waals surface area contributed by atoms with E-state index in [1.807, 2.05) is 43.3 Å². The van der Waals surface area contributed by atoms with E-state index in [2.05, 4.69) is 10.6 Å². The summed E-state index contributed by atoms with van der Waals surface area (Å²) in [5.74, 6) is 0. The number of halogens is 1. The van der Waals surface area contributed by atoms with Crippen LogP contribution in [0.4, 0.5) is 10.5 Å². The number of carbonyl (C=O) groups excluding carboxylic acids is 1. The van der Waals surface area contributed by atoms with Crippen LogP contribution in [-0.2, 0) is 0 Å². The smallest absolute Gasteiger partial charge is 0.319 e. The highest BCUT2D eigenvalue weighted by Crippen LogP contribution is 2.20. The van der Waals surface area contributed by atoms with Crippen LogP contribution < -0.4 is 10.6 Å². The molecule has 0 aliphatic heterocycles. The van der Waals surface area contributed by atoms with Gasteiger partial charge in [0.15, 0.2) is 0 Å². The number of nitrogens with zero attached hydrogens (tertiary/aromatic N) is 1. The summed E-state index contributed by atoms with van der Waals surface area (Å²) in [5, 5.41) is 14.6. The van der Waals surface area contributed by atoms with Crippen LogP contribution in [0, 0.1) is 11.3 Å². The third-order valence-corrected chi connectivity index (χ3v) is 3.31. The maximum atomic E-state index is 11.9. The lowest BCUT2D eigenvalue weighted by Gasteiger charge is -2.15. The molecular weight excluding hydrogens is 286 g/mol. The van der Waals surface area contributed by atoms with Crippen molar-refractivity contribution in [3.63, 3.8) is 0 Å². The van der Waals surface area contributed by atoms with Gasteiger partial charge < -0.3 is 10.6 Å². The Morgan fingerprint density at radius 1 is 1.24 bits per heavy atom. The Balaban J connectivity index is 1.99. The summed E-state index contributed by atoms with van der Waals surface area (Å²) in [6, 6.07) is 16.0. The number of nitrogens with one attached hydrogen (secondary N) is 2. The second-order valence-corrected chi connectivity index (χ2v) is 4.94. The number of hydrogen-bond donors (Lipinski definition) is 2. The molecule has 0 aliphatic rings. The first-order chi connectivity index (χ1) is 10.1. The Labute approximate surface area is 128 Å². The molecule has 2 aromatic carbocycles. The molecule has 1 unspecified atom stereocenters. The molecule has 0 saturated carbocycles. The fraction of sp³-hybridized carbons (Fsp3) is 0.125. The van der Waals surface area contributed by atoms with Crippen molar-refractivity contribution in [3.8, 4) is 6.07 Å². The number of rotatable bonds is 3. The largest absolute Gasteiger partial charge is 0.331 e. The zero-order valence-corrected chi connectivity index (χ0v) is 12.2. The highest BCUT2D eigenvalue weighted by atomic mass is 35.5. The molecule has 106 valence electrons. The molecule has 0 fully saturated rings. The Morgan fingerprint density at radius 3 is 2.57 bits per heavy atom. The van der Waals surface area contributed by atoms with Crippen molar-refractivity contribution in [1.29, 1.82) is 5.26 Å². The van der Waals surface area contributed by atoms with E-state index in [9.17, 15) is 4.79 Å². The van der Waals surface area contributed by atoms with E-state index in [0.717, 1.165) is 5.56 Å². The monoisotopic (exact) mass is 299 g/mol. The van der Waals surface area contributed by atoms with Gasteiger partial charge in [0.2, 0.25) is 0 Å². The average molecular weight is 300 g/mol. The molecule has 0 heterocycles. The van der Waals surface area contributed by atoms with E-state index >= 15 is 0 Å². The highest BCUT2D eigenvalue weighted by molar-refractivity contribution is 6.32. The van der Waals surface area contributed by atoms with Crippen molar-refractivity contribution in [2.24, 2.45) is 0 Å². The lowest BCUT2D eigenvalue weighted by Crippen LogP contribution is -2.31. The Kier molecular flexibility index (Phi) is 4.81. The summed E-state index contributed by atoms with van der Waals surface area (Å²) in [5.41, 5.74) is 1.93. The number of amides is 2. The SMILES string of the molecule is CC(NC(=O)Nc1ccc(C#N)c(Cl)c1)c1ccccc1. The molecule has 0 saturated heterocycles. The van der Waals surface area contributed by atoms with Gasteiger partial charge in [0.1, 0.15) is 6.07 Å². The molecule has 0 spiro atoms. The van der Waals surface area contributed by atoms with Crippen LogP contribution in [0.2, 0.25) is 5.02 Å². The Morgan fingerprint density at radius 2 is 1.95 bits per heavy atom. The first kappa shape index (κ1) is 14.9. The number of benzene rings is 2. The molecular formula is C16H14ClN3O. The summed E-state index contributed by atoms with van der Waals surface area (Å²) in [6.45, 7) is 1.90. The second-order valence-electron chi connectivity index (χ2n) is 4.54. The van der Waals surface area contributed by atoms with Crippen molar-refractivity contribution in [2.75, 3.05) is 5.32 Å². The van der Waals surface area contributed by atoms with Gasteiger partial charge in [-0.05, 0) is 30.7 Å². The minimum atomic E-state index is -0.327. The normalized spacial score (nSPS) is 11.3. The fourth-order valence-electron chi connectivity index (χ4n) is 1.87. The van der Waals surface area contributed by atoms with Crippen LogP contribution in [0.3, 0.4) is 0 Å². The third-order valence-electron chi connectivity index (χ3n) is 2.99. The van der Waals surface area contributed by atoms with Crippen LogP contribution in [-0.4, -0.2) is 6.03 Å². The maximum absolute atomic E-state index is 11.9. The second kappa shape index (κ2) is 6.78. The number of anilines is 1. The Bertz CT molecular complexity index is 680. The van der Waals surface area contributed by atoms with Gasteiger partial charge in [-0.25, -0.2) is 4.79 Å². The quantitative estimate of drug-likeness (QED) is 0.896. The van der Waals surface area contributed by atoms with Crippen LogP contribution >= 0.6 is 11.6 Å². The van der Waals surface area contributed by atoms with Gasteiger partial charge in [0.25, 0.3) is 0 Å². The van der Waals surface area contributed by atoms with Crippen LogP contribution in [0.1, 0.15) is 24.1 Å². The first-order valence-electron chi connectivity index (χ1n) is 6.42. The minimum absolute atomic E-state index is 0.111. The summed E-state index contributed by atoms with van der Waals surface area (Å²) in [6.07, 6.45) is 0. The van der Waals surface area contributed by atoms with Crippen LogP contribution in [0.15, 0.2) is 48.5 Å². The average Bonchev–Trinajstić information content (AvgIpc) is 2.48. The molecule has 21 heavy (non-hydrogen) atoms. The van der Waals surface area contributed by atoms with Crippen molar-refractivity contribution in [1.82, 2.24) is 5.32 Å². The lowest BCUT2D eigenvalue weighted by molar-refractivity contribution is 0.249.